The number of guanidine groups is 1. The fraction of sp³-hybridized carbons (Fsp3) is 0.585. The van der Waals surface area contributed by atoms with Gasteiger partial charge in [-0.3, -0.25) is 48.1 Å². The van der Waals surface area contributed by atoms with E-state index in [4.69, 9.17) is 17.0 Å². The number of phenolic OH excluding ortho intramolecular Hbond substituents is 1. The highest BCUT2D eigenvalue weighted by Gasteiger charge is 2.44. The van der Waals surface area contributed by atoms with E-state index in [1.807, 2.05) is 11.8 Å². The van der Waals surface area contributed by atoms with Gasteiger partial charge >= 0.3 is 12.0 Å². The zero-order chi connectivity index (χ0) is 71.4. The number of benzene rings is 2. The van der Waals surface area contributed by atoms with Gasteiger partial charge in [0.1, 0.15) is 54.1 Å². The first-order chi connectivity index (χ1) is 46.8. The van der Waals surface area contributed by atoms with Gasteiger partial charge in [0.25, 0.3) is 0 Å². The number of nitrogens with zero attached hydrogens (tertiary/aromatic N) is 6. The number of fused-ring (bicyclic) bond motifs is 1. The molecule has 0 aliphatic carbocycles. The maximum atomic E-state index is 14.8. The average Bonchev–Trinajstić information content (AvgIpc) is 1.52. The number of carbonyl (C=O) groups excluding carboxylic acids is 10. The van der Waals surface area contributed by atoms with Crippen LogP contribution in [0.15, 0.2) is 71.2 Å². The van der Waals surface area contributed by atoms with Crippen molar-refractivity contribution in [2.45, 2.75) is 203 Å². The number of H-pyrrole nitrogens is 1. The number of azide groups is 1. The molecule has 32 nitrogen and oxygen atoms in total. The number of carboxylic acid groups (broad SMARTS) is 1. The molecular weight excluding hydrogens is 1290 g/mol. The molecule has 2 aromatic carbocycles. The van der Waals surface area contributed by atoms with Crippen molar-refractivity contribution in [1.29, 1.82) is 0 Å². The smallest absolute Gasteiger partial charge is 0.326 e. The van der Waals surface area contributed by atoms with Gasteiger partial charge < -0.3 is 84.7 Å². The number of phenols is 1. The van der Waals surface area contributed by atoms with Crippen molar-refractivity contribution < 1.29 is 63.0 Å². The van der Waals surface area contributed by atoms with Crippen molar-refractivity contribution in [3.63, 3.8) is 0 Å². The second kappa shape index (κ2) is 38.9. The number of aliphatic carboxylic acids is 1. The molecule has 33 heteroatoms. The Morgan fingerprint density at radius 2 is 1.38 bits per heavy atom. The zero-order valence-electron chi connectivity index (χ0n) is 56.1. The van der Waals surface area contributed by atoms with Crippen LogP contribution < -0.4 is 64.6 Å². The van der Waals surface area contributed by atoms with E-state index in [1.54, 1.807) is 39.8 Å². The van der Waals surface area contributed by atoms with Crippen molar-refractivity contribution in [2.24, 2.45) is 33.4 Å². The lowest BCUT2D eigenvalue weighted by atomic mass is 9.96. The lowest BCUT2D eigenvalue weighted by Crippen LogP contribution is -2.62. The van der Waals surface area contributed by atoms with Crippen LogP contribution in [0, 0.1) is 11.8 Å². The molecule has 3 fully saturated rings. The third-order valence-electron chi connectivity index (χ3n) is 17.5. The Hall–Kier alpha value is -9.65. The highest BCUT2D eigenvalue weighted by atomic mass is 32.2. The second-order valence-corrected chi connectivity index (χ2v) is 26.6. The van der Waals surface area contributed by atoms with Crippen LogP contribution in [0.5, 0.6) is 5.75 Å². The van der Waals surface area contributed by atoms with E-state index in [2.05, 4.69) is 78.2 Å². The number of thioether (sulfide) groups is 1. The molecular formula is C65H95N19O13S. The predicted molar refractivity (Wildman–Crippen MR) is 364 cm³/mol. The summed E-state index contributed by atoms with van der Waals surface area (Å²) < 4.78 is 0. The molecule has 1 aromatic heterocycles. The molecule has 0 radical (unpaired) electrons. The normalized spacial score (nSPS) is 18.6. The van der Waals surface area contributed by atoms with Gasteiger partial charge in [0.15, 0.2) is 5.96 Å². The largest absolute Gasteiger partial charge is 0.508 e. The Morgan fingerprint density at radius 1 is 0.735 bits per heavy atom. The Bertz CT molecular complexity index is 3290. The summed E-state index contributed by atoms with van der Waals surface area (Å²) in [6, 6.07) is 1.73. The van der Waals surface area contributed by atoms with Crippen LogP contribution in [0.4, 0.5) is 10.5 Å². The lowest BCUT2D eigenvalue weighted by Gasteiger charge is -2.32. The number of carboxylic acids is 1. The molecule has 4 heterocycles. The number of nitrogens with one attached hydrogen (secondary N) is 11. The number of urea groups is 1. The summed E-state index contributed by atoms with van der Waals surface area (Å²) in [5, 5.41) is 52.0. The van der Waals surface area contributed by atoms with Crippen LogP contribution >= 0.6 is 11.8 Å². The molecule has 6 rings (SSSR count). The molecule has 17 N–H and O–H groups in total. The van der Waals surface area contributed by atoms with Gasteiger partial charge in [-0.15, -0.1) is 0 Å². The third kappa shape index (κ3) is 24.5. The van der Waals surface area contributed by atoms with E-state index in [1.165, 1.54) is 60.7 Å². The number of aromatic hydroxyl groups is 1. The van der Waals surface area contributed by atoms with Crippen LogP contribution in [0.25, 0.3) is 10.4 Å². The highest BCUT2D eigenvalue weighted by molar-refractivity contribution is 8.00. The van der Waals surface area contributed by atoms with Crippen molar-refractivity contribution in [2.75, 3.05) is 25.4 Å². The summed E-state index contributed by atoms with van der Waals surface area (Å²) in [7, 11) is 0. The van der Waals surface area contributed by atoms with Gasteiger partial charge in [-0.05, 0) is 98.9 Å². The second-order valence-electron chi connectivity index (χ2n) is 25.4. The Labute approximate surface area is 573 Å². The van der Waals surface area contributed by atoms with Crippen molar-refractivity contribution >= 4 is 88.6 Å². The SMILES string of the molecule is CCC(C)C(NC(=O)C(Cc1ccc(O)cc1)NC(=O)C(NC(=O)C(CCCN=C(N)N)NC(=O)C(C)NC(=O)CCCCCNC(=O)CCCCC1SCC2NC(=O)NC21)C(C)C)C(=O)NC(Cc1cnc[nH]1)C(=O)N1CCCC1C(=O)NC(Cc1ccc(N=[N+]=[N-])cc1)C(=O)O. The first kappa shape index (κ1) is 77.4. The number of hydrogen-bond acceptors (Lipinski definition) is 16. The number of unbranched alkanes of at least 4 members (excludes halogenated alkanes) is 3. The summed E-state index contributed by atoms with van der Waals surface area (Å²) in [4.78, 5) is 166. The van der Waals surface area contributed by atoms with Crippen molar-refractivity contribution in [3.8, 4) is 5.75 Å². The summed E-state index contributed by atoms with van der Waals surface area (Å²) in [6.07, 6.45) is 8.16. The maximum absolute atomic E-state index is 14.8. The molecule has 11 amide bonds. The summed E-state index contributed by atoms with van der Waals surface area (Å²) in [6.45, 7) is 8.84. The quantitative estimate of drug-likeness (QED) is 0.00733. The number of carbonyl (C=O) groups is 11. The van der Waals surface area contributed by atoms with E-state index >= 15 is 0 Å². The predicted octanol–water partition coefficient (Wildman–Crippen LogP) is 1.73. The average molecular weight is 1380 g/mol. The monoisotopic (exact) mass is 1380 g/mol. The van der Waals surface area contributed by atoms with E-state index in [-0.39, 0.29) is 93.8 Å². The van der Waals surface area contributed by atoms with Crippen LogP contribution in [0.3, 0.4) is 0 Å². The van der Waals surface area contributed by atoms with Crippen LogP contribution in [0.1, 0.15) is 135 Å². The number of nitrogens with two attached hydrogens (primary N) is 2. The molecule has 3 saturated heterocycles. The lowest BCUT2D eigenvalue weighted by molar-refractivity contribution is -0.145. The van der Waals surface area contributed by atoms with E-state index in [0.29, 0.717) is 72.8 Å². The van der Waals surface area contributed by atoms with Gasteiger partial charge in [0, 0.05) is 85.2 Å². The summed E-state index contributed by atoms with van der Waals surface area (Å²) in [5.41, 5.74) is 21.6. The fourth-order valence-corrected chi connectivity index (χ4v) is 13.3. The van der Waals surface area contributed by atoms with Gasteiger partial charge in [0.05, 0.1) is 18.4 Å². The number of imidazole rings is 1. The number of hydrogen-bond donors (Lipinski definition) is 15. The molecule has 3 aliphatic rings. The van der Waals surface area contributed by atoms with Crippen molar-refractivity contribution in [3.05, 3.63) is 88.3 Å². The van der Waals surface area contributed by atoms with E-state index in [0.717, 1.165) is 25.0 Å². The van der Waals surface area contributed by atoms with E-state index < -0.39 is 113 Å². The van der Waals surface area contributed by atoms with Crippen LogP contribution in [0.2, 0.25) is 0 Å². The Balaban J connectivity index is 1.07. The standard InChI is InChI=1S/C65H95N19O13S/c1-6-37(4)54(61(93)76-46(32-42-33-69-35-72-42)62(94)84-29-13-15-49(84)59(91)77-47(63(95)96)31-39-19-23-41(24-20-39)82-83-68)80-58(90)45(30-40-21-25-43(85)26-22-40)75-60(92)53(36(2)3)79-57(89)44(14-12-28-71-64(66)67)74-56(88)38(5)73-52(87)18-8-7-11-27-70-51(86)17-10-9-16-50-55-48(34-98-50)78-65(97)81-55/h19-26,33,35-38,44-50,53-55,85H,6-18,27-32,34H2,1-5H3,(H,69,72)(H,70,86)(H,73,87)(H,74,88)(H,75,92)(H,76,93)(H,77,91)(H,79,89)(H,80,90)(H,95,96)(H4,66,67,71)(H2,78,81,97). The topological polar surface area (TPSA) is 494 Å². The van der Waals surface area contributed by atoms with Crippen LogP contribution in [-0.4, -0.2) is 187 Å². The highest BCUT2D eigenvalue weighted by Crippen LogP contribution is 2.33. The molecule has 12 unspecified atom stereocenters. The van der Waals surface area contributed by atoms with Crippen LogP contribution in [-0.2, 0) is 67.2 Å². The molecule has 0 bridgehead atoms. The molecule has 0 saturated carbocycles. The molecule has 0 spiro atoms. The van der Waals surface area contributed by atoms with E-state index in [9.17, 15) is 63.0 Å². The number of likely N-dealkylation sites (tertiary alicyclic amines) is 1. The van der Waals surface area contributed by atoms with Gasteiger partial charge in [-0.25, -0.2) is 14.6 Å². The van der Waals surface area contributed by atoms with Gasteiger partial charge in [-0.2, -0.15) is 11.8 Å². The molecule has 12 atom stereocenters. The Morgan fingerprint density at radius 3 is 2.04 bits per heavy atom. The first-order valence-corrected chi connectivity index (χ1v) is 34.4. The molecule has 98 heavy (non-hydrogen) atoms. The Kier molecular flexibility index (Phi) is 30.7. The van der Waals surface area contributed by atoms with Crippen molar-refractivity contribution in [1.82, 2.24) is 68.0 Å². The number of aromatic nitrogens is 2. The number of amides is 11. The summed E-state index contributed by atoms with van der Waals surface area (Å²) >= 11 is 1.84. The minimum Gasteiger partial charge on any atom is -0.508 e. The number of aliphatic imine (C=N–C) groups is 1. The zero-order valence-corrected chi connectivity index (χ0v) is 56.9. The molecule has 3 aromatic rings. The number of aromatic amines is 1. The molecule has 534 valence electrons. The first-order valence-electron chi connectivity index (χ1n) is 33.4. The maximum Gasteiger partial charge on any atom is 0.326 e. The van der Waals surface area contributed by atoms with Gasteiger partial charge in [-0.1, -0.05) is 88.5 Å². The molecule has 3 aliphatic heterocycles. The number of rotatable bonds is 40. The minimum absolute atomic E-state index is 0.0166. The minimum atomic E-state index is -1.44. The van der Waals surface area contributed by atoms with Gasteiger partial charge in [0.2, 0.25) is 53.2 Å². The summed E-state index contributed by atoms with van der Waals surface area (Å²) in [5.74, 6) is -7.78. The third-order valence-corrected chi connectivity index (χ3v) is 19.0. The fourth-order valence-electron chi connectivity index (χ4n) is 11.7.